The molecule has 0 saturated carbocycles. The SMILES string of the molecule is Cc1cccc(CN2C[C@H](C(=O)N3CCCC3)[C@@H]3CCO[C@@H]3C2)n1. The molecule has 0 radical (unpaired) electrons. The number of aromatic nitrogens is 1. The summed E-state index contributed by atoms with van der Waals surface area (Å²) in [4.78, 5) is 22.1. The molecule has 3 aliphatic heterocycles. The molecule has 0 N–H and O–H groups in total. The molecule has 24 heavy (non-hydrogen) atoms. The van der Waals surface area contributed by atoms with E-state index in [1.54, 1.807) is 0 Å². The van der Waals surface area contributed by atoms with Crippen molar-refractivity contribution >= 4 is 5.91 Å². The third-order valence-corrected chi connectivity index (χ3v) is 5.74. The van der Waals surface area contributed by atoms with Gasteiger partial charge >= 0.3 is 0 Å². The number of carbonyl (C=O) groups is 1. The number of piperidine rings is 1. The third kappa shape index (κ3) is 3.20. The van der Waals surface area contributed by atoms with Gasteiger partial charge in [-0.15, -0.1) is 0 Å². The van der Waals surface area contributed by atoms with Crippen LogP contribution in [0, 0.1) is 18.8 Å². The van der Waals surface area contributed by atoms with Crippen molar-refractivity contribution in [3.63, 3.8) is 0 Å². The first kappa shape index (κ1) is 16.0. The Morgan fingerprint density at radius 1 is 1.29 bits per heavy atom. The van der Waals surface area contributed by atoms with E-state index in [4.69, 9.17) is 4.74 Å². The second kappa shape index (κ2) is 6.81. The first-order valence-corrected chi connectivity index (χ1v) is 9.26. The molecule has 4 rings (SSSR count). The topological polar surface area (TPSA) is 45.7 Å². The first-order chi connectivity index (χ1) is 11.7. The van der Waals surface area contributed by atoms with Crippen molar-refractivity contribution in [2.45, 2.75) is 38.8 Å². The minimum absolute atomic E-state index is 0.0918. The molecule has 0 unspecified atom stereocenters. The number of carbonyl (C=O) groups excluding carboxylic acids is 1. The largest absolute Gasteiger partial charge is 0.377 e. The van der Waals surface area contributed by atoms with Gasteiger partial charge in [-0.3, -0.25) is 14.7 Å². The lowest BCUT2D eigenvalue weighted by Crippen LogP contribution is -2.52. The zero-order chi connectivity index (χ0) is 16.5. The maximum Gasteiger partial charge on any atom is 0.227 e. The Morgan fingerprint density at radius 2 is 2.12 bits per heavy atom. The van der Waals surface area contributed by atoms with Crippen LogP contribution in [0.3, 0.4) is 0 Å². The third-order valence-electron chi connectivity index (χ3n) is 5.74. The van der Waals surface area contributed by atoms with Crippen LogP contribution in [-0.4, -0.2) is 59.6 Å². The van der Waals surface area contributed by atoms with Crippen molar-refractivity contribution in [3.8, 4) is 0 Å². The molecule has 3 fully saturated rings. The molecule has 3 saturated heterocycles. The van der Waals surface area contributed by atoms with Gasteiger partial charge in [0.05, 0.1) is 17.7 Å². The van der Waals surface area contributed by atoms with Crippen molar-refractivity contribution in [2.75, 3.05) is 32.8 Å². The molecule has 1 aromatic rings. The number of aryl methyl sites for hydroxylation is 1. The lowest BCUT2D eigenvalue weighted by Gasteiger charge is -2.40. The van der Waals surface area contributed by atoms with E-state index >= 15 is 0 Å². The van der Waals surface area contributed by atoms with Crippen LogP contribution in [0.15, 0.2) is 18.2 Å². The van der Waals surface area contributed by atoms with Gasteiger partial charge in [0, 0.05) is 50.9 Å². The lowest BCUT2D eigenvalue weighted by molar-refractivity contribution is -0.140. The van der Waals surface area contributed by atoms with Gasteiger partial charge in [-0.1, -0.05) is 6.07 Å². The Labute approximate surface area is 144 Å². The number of hydrogen-bond acceptors (Lipinski definition) is 4. The summed E-state index contributed by atoms with van der Waals surface area (Å²) in [6.07, 6.45) is 3.55. The molecule has 1 aromatic heterocycles. The molecular formula is C19H27N3O2. The Morgan fingerprint density at radius 3 is 2.92 bits per heavy atom. The summed E-state index contributed by atoms with van der Waals surface area (Å²) >= 11 is 0. The predicted molar refractivity (Wildman–Crippen MR) is 91.4 cm³/mol. The molecule has 0 aromatic carbocycles. The average molecular weight is 329 g/mol. The van der Waals surface area contributed by atoms with Crippen LogP contribution in [0.1, 0.15) is 30.7 Å². The first-order valence-electron chi connectivity index (χ1n) is 9.26. The summed E-state index contributed by atoms with van der Waals surface area (Å²) in [5.41, 5.74) is 2.13. The van der Waals surface area contributed by atoms with Crippen molar-refractivity contribution in [1.82, 2.24) is 14.8 Å². The summed E-state index contributed by atoms with van der Waals surface area (Å²) < 4.78 is 5.96. The smallest absolute Gasteiger partial charge is 0.227 e. The molecule has 1 amide bonds. The highest BCUT2D eigenvalue weighted by Gasteiger charge is 2.45. The van der Waals surface area contributed by atoms with E-state index < -0.39 is 0 Å². The van der Waals surface area contributed by atoms with E-state index in [0.29, 0.717) is 11.8 Å². The minimum atomic E-state index is 0.0918. The molecule has 3 atom stereocenters. The average Bonchev–Trinajstić information content (AvgIpc) is 3.25. The number of rotatable bonds is 3. The van der Waals surface area contributed by atoms with E-state index in [1.807, 2.05) is 13.0 Å². The number of hydrogen-bond donors (Lipinski definition) is 0. The monoisotopic (exact) mass is 329 g/mol. The Bertz CT molecular complexity index is 600. The van der Waals surface area contributed by atoms with Gasteiger partial charge < -0.3 is 9.64 Å². The number of nitrogens with zero attached hydrogens (tertiary/aromatic N) is 3. The van der Waals surface area contributed by atoms with Crippen molar-refractivity contribution in [3.05, 3.63) is 29.6 Å². The number of fused-ring (bicyclic) bond motifs is 1. The zero-order valence-electron chi connectivity index (χ0n) is 14.5. The zero-order valence-corrected chi connectivity index (χ0v) is 14.5. The van der Waals surface area contributed by atoms with Crippen molar-refractivity contribution in [2.24, 2.45) is 11.8 Å². The van der Waals surface area contributed by atoms with Gasteiger partial charge in [0.2, 0.25) is 5.91 Å². The Balaban J connectivity index is 1.49. The summed E-state index contributed by atoms with van der Waals surface area (Å²) in [6.45, 7) is 7.27. The predicted octanol–water partition coefficient (Wildman–Crippen LogP) is 1.85. The molecule has 3 aliphatic rings. The van der Waals surface area contributed by atoms with Crippen molar-refractivity contribution < 1.29 is 9.53 Å². The maximum absolute atomic E-state index is 13.0. The van der Waals surface area contributed by atoms with Crippen LogP contribution in [0.25, 0.3) is 0 Å². The van der Waals surface area contributed by atoms with Crippen LogP contribution in [-0.2, 0) is 16.1 Å². The van der Waals surface area contributed by atoms with Gasteiger partial charge in [0.1, 0.15) is 0 Å². The van der Waals surface area contributed by atoms with Gasteiger partial charge in [-0.2, -0.15) is 0 Å². The molecule has 0 aliphatic carbocycles. The molecule has 4 heterocycles. The molecule has 0 bridgehead atoms. The maximum atomic E-state index is 13.0. The van der Waals surface area contributed by atoms with E-state index in [9.17, 15) is 4.79 Å². The van der Waals surface area contributed by atoms with Crippen molar-refractivity contribution in [1.29, 1.82) is 0 Å². The van der Waals surface area contributed by atoms with Crippen LogP contribution in [0.5, 0.6) is 0 Å². The fourth-order valence-electron chi connectivity index (χ4n) is 4.53. The molecule has 130 valence electrons. The quantitative estimate of drug-likeness (QED) is 0.849. The summed E-state index contributed by atoms with van der Waals surface area (Å²) in [6, 6.07) is 6.16. The second-order valence-electron chi connectivity index (χ2n) is 7.47. The molecule has 5 nitrogen and oxygen atoms in total. The highest BCUT2D eigenvalue weighted by atomic mass is 16.5. The number of likely N-dealkylation sites (tertiary alicyclic amines) is 2. The van der Waals surface area contributed by atoms with Gasteiger partial charge in [0.25, 0.3) is 0 Å². The van der Waals surface area contributed by atoms with Crippen LogP contribution < -0.4 is 0 Å². The fourth-order valence-corrected chi connectivity index (χ4v) is 4.53. The highest BCUT2D eigenvalue weighted by Crippen LogP contribution is 2.35. The van der Waals surface area contributed by atoms with Crippen LogP contribution in [0.4, 0.5) is 0 Å². The number of amides is 1. The van der Waals surface area contributed by atoms with E-state index in [2.05, 4.69) is 26.9 Å². The fraction of sp³-hybridized carbons (Fsp3) is 0.684. The van der Waals surface area contributed by atoms with Gasteiger partial charge in [-0.25, -0.2) is 0 Å². The summed E-state index contributed by atoms with van der Waals surface area (Å²) in [5.74, 6) is 0.851. The van der Waals surface area contributed by atoms with E-state index in [0.717, 1.165) is 70.0 Å². The molecule has 5 heteroatoms. The minimum Gasteiger partial charge on any atom is -0.377 e. The Hall–Kier alpha value is -1.46. The van der Waals surface area contributed by atoms with E-state index in [1.165, 1.54) is 0 Å². The van der Waals surface area contributed by atoms with E-state index in [-0.39, 0.29) is 12.0 Å². The van der Waals surface area contributed by atoms with Gasteiger partial charge in [0.15, 0.2) is 0 Å². The van der Waals surface area contributed by atoms with Crippen LogP contribution in [0.2, 0.25) is 0 Å². The highest BCUT2D eigenvalue weighted by molar-refractivity contribution is 5.80. The summed E-state index contributed by atoms with van der Waals surface area (Å²) in [5, 5.41) is 0. The van der Waals surface area contributed by atoms with Crippen LogP contribution >= 0.6 is 0 Å². The summed E-state index contributed by atoms with van der Waals surface area (Å²) in [7, 11) is 0. The molecular weight excluding hydrogens is 302 g/mol. The normalized spacial score (nSPS) is 30.5. The number of pyridine rings is 1. The molecule has 0 spiro atoms. The van der Waals surface area contributed by atoms with Gasteiger partial charge in [-0.05, 0) is 38.3 Å². The standard InChI is InChI=1S/C19H27N3O2/c1-14-5-4-6-15(20-14)11-21-12-17(16-7-10-24-18(16)13-21)19(23)22-8-2-3-9-22/h4-6,16-18H,2-3,7-13H2,1H3/t16-,17-,18+/m0/s1. The second-order valence-corrected chi connectivity index (χ2v) is 7.47. The lowest BCUT2D eigenvalue weighted by atomic mass is 9.82. The Kier molecular flexibility index (Phi) is 4.55. The number of ether oxygens (including phenoxy) is 1.